The first-order valence-corrected chi connectivity index (χ1v) is 13.5. The topological polar surface area (TPSA) is 182 Å². The molecule has 0 radical (unpaired) electrons. The minimum Gasteiger partial charge on any atom is -0.477 e. The fraction of sp³-hybridized carbons (Fsp3) is 0.353. The van der Waals surface area contributed by atoms with Crippen LogP contribution < -0.4 is 5.32 Å². The number of β-lactam (4-membered cyclic amide) rings is 1. The zero-order valence-electron chi connectivity index (χ0n) is 17.9. The highest BCUT2D eigenvalue weighted by atomic mass is 35.5. The number of carboxylic acids is 1. The van der Waals surface area contributed by atoms with Gasteiger partial charge in [-0.05, 0) is 27.5 Å². The van der Waals surface area contributed by atoms with Crippen molar-refractivity contribution in [2.24, 2.45) is 12.2 Å². The lowest BCUT2D eigenvalue weighted by atomic mass is 10.0. The molecule has 0 bridgehead atoms. The lowest BCUT2D eigenvalue weighted by Crippen LogP contribution is -2.71. The molecule has 0 aliphatic carbocycles. The first-order chi connectivity index (χ1) is 17.2. The largest absolute Gasteiger partial charge is 0.477 e. The minimum absolute atomic E-state index is 0.142. The number of hydrogen-bond acceptors (Lipinski definition) is 13. The number of thioether (sulfide) groups is 2. The molecule has 4 rings (SSSR count). The summed E-state index contributed by atoms with van der Waals surface area (Å²) in [5.41, 5.74) is 0.276. The Hall–Kier alpha value is -2.73. The van der Waals surface area contributed by atoms with Crippen molar-refractivity contribution in [3.8, 4) is 0 Å². The third-order valence-electron chi connectivity index (χ3n) is 4.82. The van der Waals surface area contributed by atoms with Crippen LogP contribution in [0.4, 0.5) is 0 Å². The van der Waals surface area contributed by atoms with Gasteiger partial charge in [0.25, 0.3) is 11.8 Å². The standard InChI is InChI=1S/C17H14Cl2N8O6S3/c1-26-17(22-24-25-26)35-4-7-3-34-14-9(13(29)27(14)10(7)15(30)31)21-12(28)8(6-2-20-36-5-6)23-33-16(32)11(18)19/h2,5,9,11,14H,3-4H2,1H3,(H,21,28)(H,30,31)/t9?,14-/m1/s1. The number of nitrogens with one attached hydrogen (secondary N) is 1. The SMILES string of the molecule is Cn1nnnc1SCC1=C(C(=O)O)N2C(=O)C(NC(=O)C(=NOC(=O)C(Cl)Cl)c3cnsc3)[C@H]2SC1. The number of nitrogens with zero attached hydrogens (tertiary/aromatic N) is 7. The number of aliphatic carboxylic acids is 1. The van der Waals surface area contributed by atoms with Gasteiger partial charge in [-0.15, -0.1) is 16.9 Å². The zero-order chi connectivity index (χ0) is 26.0. The number of fused-ring (bicyclic) bond motifs is 1. The van der Waals surface area contributed by atoms with Crippen molar-refractivity contribution in [1.82, 2.24) is 34.8 Å². The van der Waals surface area contributed by atoms with Crippen LogP contribution in [0.15, 0.2) is 33.2 Å². The van der Waals surface area contributed by atoms with Gasteiger partial charge in [0.2, 0.25) is 9.99 Å². The maximum atomic E-state index is 12.9. The Bertz CT molecular complexity index is 1270. The molecule has 36 heavy (non-hydrogen) atoms. The predicted molar refractivity (Wildman–Crippen MR) is 129 cm³/mol. The van der Waals surface area contributed by atoms with Crippen LogP contribution in [0.2, 0.25) is 0 Å². The smallest absolute Gasteiger partial charge is 0.367 e. The normalized spacial score (nSPS) is 19.7. The molecule has 2 aliphatic heterocycles. The molecule has 14 nitrogen and oxygen atoms in total. The Morgan fingerprint density at radius 1 is 1.42 bits per heavy atom. The molecule has 19 heteroatoms. The second-order valence-electron chi connectivity index (χ2n) is 7.06. The summed E-state index contributed by atoms with van der Waals surface area (Å²) in [4.78, 5) is 53.7. The number of carbonyl (C=O) groups is 4. The van der Waals surface area contributed by atoms with Crippen LogP contribution in [0.1, 0.15) is 5.56 Å². The molecule has 1 saturated heterocycles. The second-order valence-corrected chi connectivity index (χ2v) is 10.9. The molecule has 0 saturated carbocycles. The lowest BCUT2D eigenvalue weighted by Gasteiger charge is -2.49. The highest BCUT2D eigenvalue weighted by Crippen LogP contribution is 2.41. The van der Waals surface area contributed by atoms with E-state index >= 15 is 0 Å². The highest BCUT2D eigenvalue weighted by Gasteiger charge is 2.54. The molecule has 0 spiro atoms. The summed E-state index contributed by atoms with van der Waals surface area (Å²) in [6.07, 6.45) is 1.32. The Morgan fingerprint density at radius 3 is 2.81 bits per heavy atom. The monoisotopic (exact) mass is 592 g/mol. The van der Waals surface area contributed by atoms with Crippen LogP contribution in [-0.2, 0) is 31.1 Å². The Kier molecular flexibility index (Phi) is 8.13. The highest BCUT2D eigenvalue weighted by molar-refractivity contribution is 8.01. The van der Waals surface area contributed by atoms with Gasteiger partial charge in [0, 0.05) is 29.5 Å². The van der Waals surface area contributed by atoms with E-state index in [2.05, 4.69) is 35.2 Å². The summed E-state index contributed by atoms with van der Waals surface area (Å²) < 4.78 is 5.33. The number of aryl methyl sites for hydroxylation is 1. The summed E-state index contributed by atoms with van der Waals surface area (Å²) in [6, 6.07) is -1.03. The van der Waals surface area contributed by atoms with E-state index in [4.69, 9.17) is 23.2 Å². The van der Waals surface area contributed by atoms with Crippen LogP contribution in [-0.4, -0.2) is 91.8 Å². The van der Waals surface area contributed by atoms with Crippen molar-refractivity contribution >= 4 is 87.7 Å². The van der Waals surface area contributed by atoms with E-state index in [1.807, 2.05) is 0 Å². The quantitative estimate of drug-likeness (QED) is 0.101. The molecule has 2 aromatic heterocycles. The van der Waals surface area contributed by atoms with Crippen molar-refractivity contribution in [3.05, 3.63) is 28.4 Å². The van der Waals surface area contributed by atoms with Gasteiger partial charge in [0.05, 0.1) is 6.20 Å². The van der Waals surface area contributed by atoms with Crippen molar-refractivity contribution < 1.29 is 29.1 Å². The summed E-state index contributed by atoms with van der Waals surface area (Å²) in [5, 5.41) is 28.3. The van der Waals surface area contributed by atoms with Gasteiger partial charge in [-0.2, -0.15) is 0 Å². The van der Waals surface area contributed by atoms with E-state index in [1.165, 1.54) is 39.8 Å². The maximum absolute atomic E-state index is 12.9. The number of hydrogen-bond donors (Lipinski definition) is 2. The number of aromatic nitrogens is 5. The van der Waals surface area contributed by atoms with E-state index in [0.717, 1.165) is 16.4 Å². The first kappa shape index (κ1) is 26.3. The van der Waals surface area contributed by atoms with Gasteiger partial charge in [0.15, 0.2) is 5.71 Å². The van der Waals surface area contributed by atoms with Gasteiger partial charge < -0.3 is 15.3 Å². The van der Waals surface area contributed by atoms with E-state index in [1.54, 1.807) is 7.05 Å². The van der Waals surface area contributed by atoms with Crippen molar-refractivity contribution in [2.45, 2.75) is 21.4 Å². The van der Waals surface area contributed by atoms with Gasteiger partial charge in [-0.25, -0.2) is 18.6 Å². The van der Waals surface area contributed by atoms with Gasteiger partial charge >= 0.3 is 11.9 Å². The number of oxime groups is 1. The van der Waals surface area contributed by atoms with Gasteiger partial charge in [0.1, 0.15) is 17.1 Å². The number of tetrazole rings is 1. The number of alkyl halides is 2. The number of carbonyl (C=O) groups excluding carboxylic acids is 3. The molecule has 2 amide bonds. The number of rotatable bonds is 9. The fourth-order valence-corrected chi connectivity index (χ4v) is 6.11. The maximum Gasteiger partial charge on any atom is 0.367 e. The molecule has 2 aliphatic rings. The zero-order valence-corrected chi connectivity index (χ0v) is 21.9. The number of carboxylic acid groups (broad SMARTS) is 1. The van der Waals surface area contributed by atoms with Crippen LogP contribution in [0, 0.1) is 0 Å². The van der Waals surface area contributed by atoms with Gasteiger partial charge in [-0.1, -0.05) is 40.1 Å². The predicted octanol–water partition coefficient (Wildman–Crippen LogP) is 0.248. The van der Waals surface area contributed by atoms with Crippen molar-refractivity contribution in [2.75, 3.05) is 11.5 Å². The Morgan fingerprint density at radius 2 is 2.19 bits per heavy atom. The van der Waals surface area contributed by atoms with Crippen LogP contribution in [0.5, 0.6) is 0 Å². The summed E-state index contributed by atoms with van der Waals surface area (Å²) in [5.74, 6) is -3.24. The third kappa shape index (κ3) is 5.34. The van der Waals surface area contributed by atoms with E-state index in [-0.39, 0.29) is 22.7 Å². The summed E-state index contributed by atoms with van der Waals surface area (Å²) >= 11 is 14.4. The van der Waals surface area contributed by atoms with Crippen LogP contribution in [0.25, 0.3) is 0 Å². The van der Waals surface area contributed by atoms with Gasteiger partial charge in [-0.3, -0.25) is 14.5 Å². The average Bonchev–Trinajstić information content (AvgIpc) is 3.52. The molecule has 2 aromatic rings. The molecule has 4 heterocycles. The van der Waals surface area contributed by atoms with E-state index < -0.39 is 40.0 Å². The fourth-order valence-electron chi connectivity index (χ4n) is 3.18. The average molecular weight is 593 g/mol. The molecule has 2 atom stereocenters. The molecule has 190 valence electrons. The summed E-state index contributed by atoms with van der Waals surface area (Å²) in [6.45, 7) is 0. The van der Waals surface area contributed by atoms with E-state index in [9.17, 15) is 24.3 Å². The molecule has 0 aromatic carbocycles. The van der Waals surface area contributed by atoms with Crippen molar-refractivity contribution in [3.63, 3.8) is 0 Å². The molecular weight excluding hydrogens is 579 g/mol. The first-order valence-electron chi connectivity index (χ1n) is 9.71. The molecule has 1 fully saturated rings. The van der Waals surface area contributed by atoms with E-state index in [0.29, 0.717) is 16.5 Å². The number of amides is 2. The third-order valence-corrected chi connectivity index (χ3v) is 8.20. The summed E-state index contributed by atoms with van der Waals surface area (Å²) in [7, 11) is 1.65. The lowest BCUT2D eigenvalue weighted by molar-refractivity contribution is -0.150. The second kappa shape index (κ2) is 11.1. The minimum atomic E-state index is -1.52. The van der Waals surface area contributed by atoms with Crippen LogP contribution >= 0.6 is 58.3 Å². The Labute approximate surface area is 224 Å². The molecule has 2 N–H and O–H groups in total. The molecule has 1 unspecified atom stereocenters. The van der Waals surface area contributed by atoms with Crippen molar-refractivity contribution in [1.29, 1.82) is 0 Å². The molecular formula is C17H14Cl2N8O6S3. The Balaban J connectivity index is 1.49. The van der Waals surface area contributed by atoms with Crippen LogP contribution in [0.3, 0.4) is 0 Å². The number of halogens is 2.